The van der Waals surface area contributed by atoms with Crippen molar-refractivity contribution in [1.29, 1.82) is 0 Å². The average molecular weight is 329 g/mol. The van der Waals surface area contributed by atoms with Crippen molar-refractivity contribution in [2.75, 3.05) is 26.3 Å². The smallest absolute Gasteiger partial charge is 0.317 e. The van der Waals surface area contributed by atoms with Crippen molar-refractivity contribution < 1.29 is 9.53 Å². The van der Waals surface area contributed by atoms with Crippen molar-refractivity contribution in [2.45, 2.75) is 32.2 Å². The summed E-state index contributed by atoms with van der Waals surface area (Å²) >= 11 is 7.52. The van der Waals surface area contributed by atoms with Crippen LogP contribution in [0.15, 0.2) is 12.1 Å². The summed E-state index contributed by atoms with van der Waals surface area (Å²) in [6, 6.07) is 3.99. The van der Waals surface area contributed by atoms with Crippen LogP contribution in [0.1, 0.15) is 37.1 Å². The van der Waals surface area contributed by atoms with E-state index >= 15 is 0 Å². The summed E-state index contributed by atoms with van der Waals surface area (Å²) in [5, 5.41) is 3.13. The van der Waals surface area contributed by atoms with Gasteiger partial charge < -0.3 is 15.0 Å². The molecule has 2 saturated heterocycles. The van der Waals surface area contributed by atoms with Crippen LogP contribution in [0.25, 0.3) is 0 Å². The number of carbonyl (C=O) groups is 1. The van der Waals surface area contributed by atoms with Crippen LogP contribution in [0.3, 0.4) is 0 Å². The molecule has 1 unspecified atom stereocenters. The molecule has 3 heterocycles. The molecule has 1 atom stereocenters. The van der Waals surface area contributed by atoms with E-state index in [2.05, 4.69) is 12.2 Å². The molecule has 2 aliphatic rings. The summed E-state index contributed by atoms with van der Waals surface area (Å²) in [5.74, 6) is 0. The Bertz CT molecular complexity index is 506. The molecule has 1 aromatic rings. The van der Waals surface area contributed by atoms with Gasteiger partial charge in [0.25, 0.3) is 0 Å². The highest BCUT2D eigenvalue weighted by atomic mass is 35.5. The Hall–Kier alpha value is -0.780. The van der Waals surface area contributed by atoms with Gasteiger partial charge in [-0.05, 0) is 31.4 Å². The Kier molecular flexibility index (Phi) is 4.43. The molecule has 2 amide bonds. The van der Waals surface area contributed by atoms with Crippen LogP contribution in [0, 0.1) is 5.41 Å². The van der Waals surface area contributed by atoms with Gasteiger partial charge in [-0.25, -0.2) is 4.79 Å². The molecule has 2 fully saturated rings. The molecule has 1 spiro atoms. The first-order chi connectivity index (χ1) is 10.1. The van der Waals surface area contributed by atoms with Crippen LogP contribution in [0.2, 0.25) is 4.34 Å². The fraction of sp³-hybridized carbons (Fsp3) is 0.667. The molecule has 6 heteroatoms. The van der Waals surface area contributed by atoms with E-state index in [9.17, 15) is 4.79 Å². The molecular weight excluding hydrogens is 308 g/mol. The molecule has 0 saturated carbocycles. The molecule has 4 nitrogen and oxygen atoms in total. The topological polar surface area (TPSA) is 41.6 Å². The summed E-state index contributed by atoms with van der Waals surface area (Å²) < 4.78 is 6.17. The van der Waals surface area contributed by atoms with Gasteiger partial charge in [0.15, 0.2) is 0 Å². The number of hydrogen-bond acceptors (Lipinski definition) is 3. The van der Waals surface area contributed by atoms with E-state index in [-0.39, 0.29) is 12.1 Å². The largest absolute Gasteiger partial charge is 0.381 e. The Morgan fingerprint density at radius 1 is 1.48 bits per heavy atom. The van der Waals surface area contributed by atoms with Crippen molar-refractivity contribution in [3.8, 4) is 0 Å². The van der Waals surface area contributed by atoms with Crippen LogP contribution < -0.4 is 5.32 Å². The second-order valence-electron chi connectivity index (χ2n) is 6.02. The second-order valence-corrected chi connectivity index (χ2v) is 7.77. The average Bonchev–Trinajstić information content (AvgIpc) is 2.89. The Labute approximate surface area is 134 Å². The zero-order valence-electron chi connectivity index (χ0n) is 12.2. The third-order valence-corrected chi connectivity index (χ3v) is 5.88. The number of likely N-dealkylation sites (tertiary alicyclic amines) is 1. The van der Waals surface area contributed by atoms with Crippen molar-refractivity contribution in [3.63, 3.8) is 0 Å². The number of nitrogens with zero attached hydrogens (tertiary/aromatic N) is 1. The van der Waals surface area contributed by atoms with Crippen LogP contribution >= 0.6 is 22.9 Å². The van der Waals surface area contributed by atoms with Gasteiger partial charge in [-0.1, -0.05) is 18.5 Å². The van der Waals surface area contributed by atoms with Gasteiger partial charge in [-0.15, -0.1) is 11.3 Å². The third-order valence-electron chi connectivity index (χ3n) is 4.54. The minimum absolute atomic E-state index is 0.0449. The lowest BCUT2D eigenvalue weighted by Crippen LogP contribution is -2.62. The van der Waals surface area contributed by atoms with E-state index in [4.69, 9.17) is 16.3 Å². The fourth-order valence-electron chi connectivity index (χ4n) is 3.16. The molecule has 0 aliphatic carbocycles. The number of thiophene rings is 1. The number of nitrogens with one attached hydrogen (secondary N) is 1. The van der Waals surface area contributed by atoms with Gasteiger partial charge in [0.1, 0.15) is 0 Å². The molecule has 1 N–H and O–H groups in total. The lowest BCUT2D eigenvalue weighted by Gasteiger charge is -2.52. The van der Waals surface area contributed by atoms with Crippen molar-refractivity contribution >= 4 is 29.0 Å². The monoisotopic (exact) mass is 328 g/mol. The molecule has 2 aliphatic heterocycles. The predicted octanol–water partition coefficient (Wildman–Crippen LogP) is 3.67. The SMILES string of the molecule is CCC(NC(=O)N1CC2(CCOCC2)C1)c1ccc(Cl)s1. The highest BCUT2D eigenvalue weighted by Crippen LogP contribution is 2.40. The standard InChI is InChI=1S/C15H21ClN2O2S/c1-2-11(12-3-4-13(16)21-12)17-14(19)18-9-15(10-18)5-7-20-8-6-15/h3-4,11H,2,5-10H2,1H3,(H,17,19). The predicted molar refractivity (Wildman–Crippen MR) is 85.0 cm³/mol. The van der Waals surface area contributed by atoms with Crippen molar-refractivity contribution in [2.24, 2.45) is 5.41 Å². The number of hydrogen-bond donors (Lipinski definition) is 1. The Morgan fingerprint density at radius 3 is 2.76 bits per heavy atom. The van der Waals surface area contributed by atoms with Gasteiger partial charge in [0.05, 0.1) is 10.4 Å². The number of halogens is 1. The number of amides is 2. The normalized spacial score (nSPS) is 21.9. The van der Waals surface area contributed by atoms with E-state index in [1.54, 1.807) is 0 Å². The second kappa shape index (κ2) is 6.15. The summed E-state index contributed by atoms with van der Waals surface area (Å²) in [6.07, 6.45) is 3.03. The molecule has 116 valence electrons. The molecular formula is C15H21ClN2O2S. The number of ether oxygens (including phenoxy) is 1. The van der Waals surface area contributed by atoms with Crippen molar-refractivity contribution in [3.05, 3.63) is 21.3 Å². The molecule has 0 bridgehead atoms. The quantitative estimate of drug-likeness (QED) is 0.919. The van der Waals surface area contributed by atoms with Crippen LogP contribution in [0.5, 0.6) is 0 Å². The highest BCUT2D eigenvalue weighted by Gasteiger charge is 2.46. The van der Waals surface area contributed by atoms with Gasteiger partial charge in [-0.2, -0.15) is 0 Å². The first-order valence-corrected chi connectivity index (χ1v) is 8.70. The minimum atomic E-state index is 0.0449. The number of carbonyl (C=O) groups excluding carboxylic acids is 1. The van der Waals surface area contributed by atoms with Crippen LogP contribution in [-0.4, -0.2) is 37.2 Å². The van der Waals surface area contributed by atoms with E-state index in [0.717, 1.165) is 54.8 Å². The molecule has 21 heavy (non-hydrogen) atoms. The number of urea groups is 1. The lowest BCUT2D eigenvalue weighted by atomic mass is 9.73. The van der Waals surface area contributed by atoms with E-state index in [1.165, 1.54) is 11.3 Å². The van der Waals surface area contributed by atoms with E-state index in [0.29, 0.717) is 5.41 Å². The van der Waals surface area contributed by atoms with Gasteiger partial charge in [-0.3, -0.25) is 0 Å². The molecule has 3 rings (SSSR count). The van der Waals surface area contributed by atoms with E-state index in [1.807, 2.05) is 17.0 Å². The van der Waals surface area contributed by atoms with Crippen LogP contribution in [-0.2, 0) is 4.74 Å². The Morgan fingerprint density at radius 2 is 2.19 bits per heavy atom. The van der Waals surface area contributed by atoms with Crippen LogP contribution in [0.4, 0.5) is 4.79 Å². The molecule has 1 aromatic heterocycles. The maximum absolute atomic E-state index is 12.4. The van der Waals surface area contributed by atoms with Gasteiger partial charge in [0.2, 0.25) is 0 Å². The van der Waals surface area contributed by atoms with E-state index < -0.39 is 0 Å². The first-order valence-electron chi connectivity index (χ1n) is 7.50. The zero-order chi connectivity index (χ0) is 14.9. The molecule has 0 radical (unpaired) electrons. The van der Waals surface area contributed by atoms with Crippen molar-refractivity contribution in [1.82, 2.24) is 10.2 Å². The number of rotatable bonds is 3. The van der Waals surface area contributed by atoms with Gasteiger partial charge >= 0.3 is 6.03 Å². The zero-order valence-corrected chi connectivity index (χ0v) is 13.8. The highest BCUT2D eigenvalue weighted by molar-refractivity contribution is 7.16. The Balaban J connectivity index is 1.54. The molecule has 0 aromatic carbocycles. The maximum atomic E-state index is 12.4. The lowest BCUT2D eigenvalue weighted by molar-refractivity contribution is -0.0619. The first kappa shape index (κ1) is 15.1. The summed E-state index contributed by atoms with van der Waals surface area (Å²) in [6.45, 7) is 5.48. The maximum Gasteiger partial charge on any atom is 0.317 e. The van der Waals surface area contributed by atoms with Gasteiger partial charge in [0, 0.05) is 36.6 Å². The summed E-state index contributed by atoms with van der Waals surface area (Å²) in [7, 11) is 0. The summed E-state index contributed by atoms with van der Waals surface area (Å²) in [5.41, 5.74) is 0.323. The minimum Gasteiger partial charge on any atom is -0.381 e. The summed E-state index contributed by atoms with van der Waals surface area (Å²) in [4.78, 5) is 15.4. The fourth-order valence-corrected chi connectivity index (χ4v) is 4.35. The third kappa shape index (κ3) is 3.20.